The number of ether oxygens (including phenoxy) is 2. The molecule has 0 aliphatic carbocycles. The molecule has 9 heteroatoms. The minimum absolute atomic E-state index is 0.150. The second-order valence-electron chi connectivity index (χ2n) is 9.42. The molecular formula is C30H34N6O3. The molecule has 2 aromatic carbocycles. The molecular weight excluding hydrogens is 492 g/mol. The van der Waals surface area contributed by atoms with Gasteiger partial charge in [-0.2, -0.15) is 10.1 Å². The van der Waals surface area contributed by atoms with Crippen molar-refractivity contribution in [3.8, 4) is 11.5 Å². The van der Waals surface area contributed by atoms with Crippen molar-refractivity contribution in [2.24, 2.45) is 5.10 Å². The third-order valence-electron chi connectivity index (χ3n) is 6.45. The van der Waals surface area contributed by atoms with Gasteiger partial charge in [-0.05, 0) is 49.6 Å². The highest BCUT2D eigenvalue weighted by Crippen LogP contribution is 2.36. The second-order valence-corrected chi connectivity index (χ2v) is 9.42. The maximum atomic E-state index is 13.4. The van der Waals surface area contributed by atoms with E-state index in [1.807, 2.05) is 63.2 Å². The lowest BCUT2D eigenvalue weighted by atomic mass is 9.97. The van der Waals surface area contributed by atoms with E-state index in [9.17, 15) is 4.79 Å². The maximum absolute atomic E-state index is 13.4. The fourth-order valence-electron chi connectivity index (χ4n) is 4.67. The van der Waals surface area contributed by atoms with Gasteiger partial charge in [-0.15, -0.1) is 0 Å². The largest absolute Gasteiger partial charge is 0.493 e. The van der Waals surface area contributed by atoms with Crippen LogP contribution >= 0.6 is 0 Å². The molecule has 0 bridgehead atoms. The molecule has 4 rings (SSSR count). The summed E-state index contributed by atoms with van der Waals surface area (Å²) >= 11 is 0. The number of methoxy groups -OCH3 is 2. The number of hydrogen-bond donors (Lipinski definition) is 2. The Bertz CT molecular complexity index is 1470. The highest BCUT2D eigenvalue weighted by Gasteiger charge is 2.26. The van der Waals surface area contributed by atoms with Crippen LogP contribution in [0.4, 0.5) is 11.8 Å². The van der Waals surface area contributed by atoms with Gasteiger partial charge in [0.1, 0.15) is 5.82 Å². The number of hydrogen-bond acceptors (Lipinski definition) is 8. The molecule has 1 unspecified atom stereocenters. The molecule has 0 fully saturated rings. The Hall–Kier alpha value is -4.66. The van der Waals surface area contributed by atoms with Gasteiger partial charge in [-0.1, -0.05) is 42.8 Å². The number of benzene rings is 2. The SMILES string of the molecule is CCc1nc(N)nc(N)c1Cc1cc(C=CC(=O)N2N=Cc3ccccc3C2C=C(C)C)c(OC)c(OC)c1. The molecule has 1 atom stereocenters. The monoisotopic (exact) mass is 526 g/mol. The van der Waals surface area contributed by atoms with Gasteiger partial charge in [0.05, 0.1) is 32.2 Å². The fraction of sp³-hybridized carbons (Fsp3) is 0.267. The summed E-state index contributed by atoms with van der Waals surface area (Å²) in [6.45, 7) is 6.00. The predicted octanol–water partition coefficient (Wildman–Crippen LogP) is 4.71. The van der Waals surface area contributed by atoms with Crippen molar-refractivity contribution < 1.29 is 14.3 Å². The molecule has 2 heterocycles. The summed E-state index contributed by atoms with van der Waals surface area (Å²) in [5.74, 6) is 1.27. The van der Waals surface area contributed by atoms with E-state index in [1.54, 1.807) is 26.5 Å². The second kappa shape index (κ2) is 11.8. The van der Waals surface area contributed by atoms with E-state index in [1.165, 1.54) is 11.1 Å². The van der Waals surface area contributed by atoms with E-state index >= 15 is 0 Å². The summed E-state index contributed by atoms with van der Waals surface area (Å²) in [7, 11) is 3.14. The molecule has 1 aromatic heterocycles. The molecule has 1 aliphatic rings. The minimum Gasteiger partial charge on any atom is -0.493 e. The lowest BCUT2D eigenvalue weighted by molar-refractivity contribution is -0.127. The van der Waals surface area contributed by atoms with Gasteiger partial charge < -0.3 is 20.9 Å². The number of nitrogens with zero attached hydrogens (tertiary/aromatic N) is 4. The number of nitrogens with two attached hydrogens (primary N) is 2. The van der Waals surface area contributed by atoms with Gasteiger partial charge in [-0.25, -0.2) is 9.99 Å². The highest BCUT2D eigenvalue weighted by atomic mass is 16.5. The highest BCUT2D eigenvalue weighted by molar-refractivity contribution is 5.95. The quantitative estimate of drug-likeness (QED) is 0.321. The Morgan fingerprint density at radius 3 is 2.56 bits per heavy atom. The zero-order valence-electron chi connectivity index (χ0n) is 22.9. The summed E-state index contributed by atoms with van der Waals surface area (Å²) in [5.41, 5.74) is 18.3. The van der Waals surface area contributed by atoms with Crippen molar-refractivity contribution >= 4 is 30.0 Å². The summed E-state index contributed by atoms with van der Waals surface area (Å²) in [6, 6.07) is 11.4. The summed E-state index contributed by atoms with van der Waals surface area (Å²) in [4.78, 5) is 21.9. The number of hydrazone groups is 1. The summed E-state index contributed by atoms with van der Waals surface area (Å²) < 4.78 is 11.3. The number of aromatic nitrogens is 2. The van der Waals surface area contributed by atoms with Crippen molar-refractivity contribution in [1.29, 1.82) is 0 Å². The molecule has 202 valence electrons. The number of nitrogen functional groups attached to an aromatic ring is 2. The van der Waals surface area contributed by atoms with Crippen LogP contribution in [-0.4, -0.2) is 41.3 Å². The van der Waals surface area contributed by atoms with Gasteiger partial charge in [-0.3, -0.25) is 4.79 Å². The van der Waals surface area contributed by atoms with E-state index in [0.717, 1.165) is 33.5 Å². The average molecular weight is 527 g/mol. The maximum Gasteiger partial charge on any atom is 0.267 e. The van der Waals surface area contributed by atoms with Crippen molar-refractivity contribution in [3.05, 3.63) is 87.6 Å². The number of allylic oxidation sites excluding steroid dienone is 1. The number of fused-ring (bicyclic) bond motifs is 1. The van der Waals surface area contributed by atoms with Gasteiger partial charge >= 0.3 is 0 Å². The molecule has 0 saturated heterocycles. The van der Waals surface area contributed by atoms with Crippen LogP contribution in [-0.2, 0) is 17.6 Å². The number of amides is 1. The average Bonchev–Trinajstić information content (AvgIpc) is 2.92. The van der Waals surface area contributed by atoms with Crippen molar-refractivity contribution in [2.75, 3.05) is 25.7 Å². The van der Waals surface area contributed by atoms with E-state index in [2.05, 4.69) is 15.1 Å². The van der Waals surface area contributed by atoms with Crippen LogP contribution in [0.2, 0.25) is 0 Å². The molecule has 1 aliphatic heterocycles. The van der Waals surface area contributed by atoms with Crippen molar-refractivity contribution in [2.45, 2.75) is 39.7 Å². The van der Waals surface area contributed by atoms with Crippen LogP contribution in [0.3, 0.4) is 0 Å². The van der Waals surface area contributed by atoms with Crippen LogP contribution in [0, 0.1) is 0 Å². The summed E-state index contributed by atoms with van der Waals surface area (Å²) in [6.07, 6.45) is 8.08. The van der Waals surface area contributed by atoms with E-state index in [0.29, 0.717) is 35.7 Å². The predicted molar refractivity (Wildman–Crippen MR) is 155 cm³/mol. The van der Waals surface area contributed by atoms with Gasteiger partial charge in [0, 0.05) is 29.2 Å². The van der Waals surface area contributed by atoms with Crippen LogP contribution in [0.1, 0.15) is 60.3 Å². The molecule has 3 aromatic rings. The Labute approximate surface area is 228 Å². The Morgan fingerprint density at radius 1 is 1.10 bits per heavy atom. The van der Waals surface area contributed by atoms with Crippen LogP contribution < -0.4 is 20.9 Å². The van der Waals surface area contributed by atoms with Crippen LogP contribution in [0.25, 0.3) is 6.08 Å². The first-order valence-electron chi connectivity index (χ1n) is 12.7. The normalized spacial score (nSPS) is 14.3. The van der Waals surface area contributed by atoms with Gasteiger partial charge in [0.2, 0.25) is 5.95 Å². The first-order valence-corrected chi connectivity index (χ1v) is 12.7. The number of rotatable bonds is 8. The number of anilines is 2. The zero-order chi connectivity index (χ0) is 28.1. The summed E-state index contributed by atoms with van der Waals surface area (Å²) in [5, 5.41) is 5.96. The van der Waals surface area contributed by atoms with E-state index in [-0.39, 0.29) is 17.9 Å². The molecule has 0 spiro atoms. The third-order valence-corrected chi connectivity index (χ3v) is 6.45. The molecule has 0 saturated carbocycles. The first kappa shape index (κ1) is 27.4. The fourth-order valence-corrected chi connectivity index (χ4v) is 4.67. The molecule has 4 N–H and O–H groups in total. The standard InChI is InChI=1S/C30H34N6O3/c1-6-24-23(29(31)35-30(32)34-24)15-19-14-20(28(39-5)26(16-19)38-4)11-12-27(37)36-25(13-18(2)3)22-10-8-7-9-21(22)17-33-36/h7-14,16-17,25H,6,15H2,1-5H3,(H4,31,32,34,35). The van der Waals surface area contributed by atoms with Gasteiger partial charge in [0.15, 0.2) is 11.5 Å². The number of carbonyl (C=O) groups excluding carboxylic acids is 1. The van der Waals surface area contributed by atoms with Crippen molar-refractivity contribution in [1.82, 2.24) is 15.0 Å². The number of aryl methyl sites for hydroxylation is 1. The first-order chi connectivity index (χ1) is 18.7. The Kier molecular flexibility index (Phi) is 8.29. The minimum atomic E-state index is -0.308. The lowest BCUT2D eigenvalue weighted by Gasteiger charge is -2.29. The van der Waals surface area contributed by atoms with Crippen LogP contribution in [0.5, 0.6) is 11.5 Å². The van der Waals surface area contributed by atoms with Crippen molar-refractivity contribution in [3.63, 3.8) is 0 Å². The zero-order valence-corrected chi connectivity index (χ0v) is 22.9. The lowest BCUT2D eigenvalue weighted by Crippen LogP contribution is -2.31. The Balaban J connectivity index is 1.69. The molecule has 0 radical (unpaired) electrons. The number of carbonyl (C=O) groups is 1. The molecule has 1 amide bonds. The molecule has 39 heavy (non-hydrogen) atoms. The Morgan fingerprint density at radius 2 is 1.87 bits per heavy atom. The smallest absolute Gasteiger partial charge is 0.267 e. The van der Waals surface area contributed by atoms with Gasteiger partial charge in [0.25, 0.3) is 5.91 Å². The van der Waals surface area contributed by atoms with E-state index in [4.69, 9.17) is 20.9 Å². The third kappa shape index (κ3) is 5.93. The van der Waals surface area contributed by atoms with Crippen LogP contribution in [0.15, 0.2) is 59.2 Å². The molecule has 9 nitrogen and oxygen atoms in total. The topological polar surface area (TPSA) is 129 Å². The van der Waals surface area contributed by atoms with E-state index < -0.39 is 0 Å².